The van der Waals surface area contributed by atoms with E-state index in [0.29, 0.717) is 50.0 Å². The summed E-state index contributed by atoms with van der Waals surface area (Å²) in [7, 11) is 0. The van der Waals surface area contributed by atoms with Gasteiger partial charge in [-0.3, -0.25) is 4.79 Å². The van der Waals surface area contributed by atoms with Crippen LogP contribution in [0.3, 0.4) is 0 Å². The van der Waals surface area contributed by atoms with Crippen LogP contribution in [0.5, 0.6) is 11.5 Å². The Balaban J connectivity index is 1.66. The summed E-state index contributed by atoms with van der Waals surface area (Å²) in [4.78, 5) is 24.1. The van der Waals surface area contributed by atoms with E-state index in [1.807, 2.05) is 16.7 Å². The van der Waals surface area contributed by atoms with Gasteiger partial charge >= 0.3 is 5.97 Å². The molecule has 3 aliphatic rings. The van der Waals surface area contributed by atoms with E-state index in [-0.39, 0.29) is 22.4 Å². The van der Waals surface area contributed by atoms with Crippen molar-refractivity contribution in [2.75, 3.05) is 26.4 Å². The zero-order valence-corrected chi connectivity index (χ0v) is 17.4. The average Bonchev–Trinajstić information content (AvgIpc) is 2.84. The highest BCUT2D eigenvalue weighted by Gasteiger charge is 2.43. The van der Waals surface area contributed by atoms with Crippen molar-refractivity contribution >= 4 is 5.97 Å². The Morgan fingerprint density at radius 3 is 2.33 bits per heavy atom. The van der Waals surface area contributed by atoms with Crippen LogP contribution < -0.4 is 14.9 Å². The number of carboxylic acids is 1. The van der Waals surface area contributed by atoms with Crippen molar-refractivity contribution < 1.29 is 24.1 Å². The Kier molecular flexibility index (Phi) is 4.06. The average molecular weight is 411 g/mol. The Bertz CT molecular complexity index is 1110. The number of carbonyl (C=O) groups is 1. The SMILES string of the molecule is CC(C)(C)C1Cc2cc3c(cc2-c2cc(=O)c(C(=O)O)cn21)OCC1(COC1)CO3. The summed E-state index contributed by atoms with van der Waals surface area (Å²) < 4.78 is 19.5. The fourth-order valence-corrected chi connectivity index (χ4v) is 4.51. The minimum atomic E-state index is -1.21. The Morgan fingerprint density at radius 2 is 1.77 bits per heavy atom. The normalized spacial score (nSPS) is 21.2. The van der Waals surface area contributed by atoms with Crippen LogP contribution in [0.1, 0.15) is 42.7 Å². The summed E-state index contributed by atoms with van der Waals surface area (Å²) >= 11 is 0. The van der Waals surface area contributed by atoms with Gasteiger partial charge in [-0.1, -0.05) is 20.8 Å². The van der Waals surface area contributed by atoms with Crippen molar-refractivity contribution in [3.8, 4) is 22.8 Å². The molecule has 30 heavy (non-hydrogen) atoms. The standard InChI is InChI=1S/C23H25NO6/c1-22(2,3)20-5-13-4-18-19(30-12-23(11-29-18)9-28-10-23)6-14(13)16-7-17(25)15(21(26)27)8-24(16)20/h4,6-8,20H,5,9-12H2,1-3H3,(H,26,27). The molecule has 0 bridgehead atoms. The monoisotopic (exact) mass is 411 g/mol. The summed E-state index contributed by atoms with van der Waals surface area (Å²) in [6.45, 7) is 8.69. The molecular weight excluding hydrogens is 386 g/mol. The second kappa shape index (κ2) is 6.35. The summed E-state index contributed by atoms with van der Waals surface area (Å²) in [6.07, 6.45) is 2.20. The van der Waals surface area contributed by atoms with Crippen LogP contribution in [0.25, 0.3) is 11.3 Å². The predicted octanol–water partition coefficient (Wildman–Crippen LogP) is 3.14. The minimum Gasteiger partial charge on any atom is -0.489 e. The molecule has 0 radical (unpaired) electrons. The van der Waals surface area contributed by atoms with E-state index in [1.165, 1.54) is 12.3 Å². The highest BCUT2D eigenvalue weighted by atomic mass is 16.6. The van der Waals surface area contributed by atoms with Crippen molar-refractivity contribution in [1.29, 1.82) is 0 Å². The number of ether oxygens (including phenoxy) is 3. The first kappa shape index (κ1) is 19.2. The van der Waals surface area contributed by atoms with Crippen LogP contribution in [0.2, 0.25) is 0 Å². The lowest BCUT2D eigenvalue weighted by molar-refractivity contribution is -0.143. The minimum absolute atomic E-state index is 0.00480. The van der Waals surface area contributed by atoms with Crippen LogP contribution in [-0.4, -0.2) is 42.1 Å². The van der Waals surface area contributed by atoms with Crippen molar-refractivity contribution in [3.05, 3.63) is 45.7 Å². The molecule has 2 aromatic rings. The Labute approximate surface area is 174 Å². The molecule has 158 valence electrons. The zero-order valence-electron chi connectivity index (χ0n) is 17.4. The first-order chi connectivity index (χ1) is 14.2. The van der Waals surface area contributed by atoms with Crippen molar-refractivity contribution in [2.24, 2.45) is 10.8 Å². The van der Waals surface area contributed by atoms with E-state index in [0.717, 1.165) is 11.1 Å². The molecule has 1 fully saturated rings. The molecule has 3 aliphatic heterocycles. The molecule has 5 rings (SSSR count). The molecule has 1 aromatic heterocycles. The lowest BCUT2D eigenvalue weighted by Crippen LogP contribution is -2.50. The molecule has 0 saturated carbocycles. The first-order valence-corrected chi connectivity index (χ1v) is 10.2. The topological polar surface area (TPSA) is 87.0 Å². The third-order valence-corrected chi connectivity index (χ3v) is 6.39. The van der Waals surface area contributed by atoms with Crippen LogP contribution in [-0.2, 0) is 11.2 Å². The number of hydrogen-bond acceptors (Lipinski definition) is 5. The van der Waals surface area contributed by atoms with E-state index < -0.39 is 11.4 Å². The quantitative estimate of drug-likeness (QED) is 0.776. The van der Waals surface area contributed by atoms with Crippen LogP contribution in [0.4, 0.5) is 0 Å². The molecule has 0 aliphatic carbocycles. The number of aromatic carboxylic acids is 1. The largest absolute Gasteiger partial charge is 0.489 e. The zero-order chi connectivity index (χ0) is 21.3. The van der Waals surface area contributed by atoms with Crippen LogP contribution in [0.15, 0.2) is 29.2 Å². The molecule has 1 aromatic carbocycles. The molecule has 1 atom stereocenters. The number of carboxylic acid groups (broad SMARTS) is 1. The van der Waals surface area contributed by atoms with Gasteiger partial charge in [0.2, 0.25) is 0 Å². The maximum Gasteiger partial charge on any atom is 0.341 e. The van der Waals surface area contributed by atoms with Gasteiger partial charge in [0.25, 0.3) is 0 Å². The van der Waals surface area contributed by atoms with Crippen LogP contribution >= 0.6 is 0 Å². The van der Waals surface area contributed by atoms with Crippen LogP contribution in [0, 0.1) is 10.8 Å². The number of pyridine rings is 1. The molecule has 1 saturated heterocycles. The lowest BCUT2D eigenvalue weighted by Gasteiger charge is -2.39. The number of fused-ring (bicyclic) bond motifs is 4. The van der Waals surface area contributed by atoms with Crippen molar-refractivity contribution in [1.82, 2.24) is 4.57 Å². The fraction of sp³-hybridized carbons (Fsp3) is 0.478. The van der Waals surface area contributed by atoms with E-state index in [4.69, 9.17) is 14.2 Å². The molecule has 1 unspecified atom stereocenters. The molecule has 7 heteroatoms. The molecule has 4 heterocycles. The maximum atomic E-state index is 12.5. The second-order valence-electron chi connectivity index (χ2n) is 9.76. The van der Waals surface area contributed by atoms with E-state index in [2.05, 4.69) is 20.8 Å². The van der Waals surface area contributed by atoms with Gasteiger partial charge in [0, 0.05) is 23.9 Å². The molecular formula is C23H25NO6. The Hall–Kier alpha value is -2.80. The number of benzene rings is 1. The number of hydrogen-bond donors (Lipinski definition) is 1. The van der Waals surface area contributed by atoms with Gasteiger partial charge in [-0.05, 0) is 29.5 Å². The van der Waals surface area contributed by atoms with Gasteiger partial charge in [-0.25, -0.2) is 4.79 Å². The predicted molar refractivity (Wildman–Crippen MR) is 110 cm³/mol. The van der Waals surface area contributed by atoms with Gasteiger partial charge in [0.15, 0.2) is 16.9 Å². The van der Waals surface area contributed by atoms with Gasteiger partial charge in [0.05, 0.1) is 24.3 Å². The summed E-state index contributed by atoms with van der Waals surface area (Å²) in [5.41, 5.74) is 1.72. The lowest BCUT2D eigenvalue weighted by atomic mass is 9.78. The van der Waals surface area contributed by atoms with E-state index >= 15 is 0 Å². The van der Waals surface area contributed by atoms with E-state index in [1.54, 1.807) is 0 Å². The summed E-state index contributed by atoms with van der Waals surface area (Å²) in [5.74, 6) is 0.150. The third-order valence-electron chi connectivity index (χ3n) is 6.39. The van der Waals surface area contributed by atoms with Gasteiger partial charge in [-0.2, -0.15) is 0 Å². The highest BCUT2D eigenvalue weighted by Crippen LogP contribution is 2.47. The highest BCUT2D eigenvalue weighted by molar-refractivity contribution is 5.88. The number of rotatable bonds is 1. The fourth-order valence-electron chi connectivity index (χ4n) is 4.51. The van der Waals surface area contributed by atoms with Gasteiger partial charge in [0.1, 0.15) is 18.8 Å². The van der Waals surface area contributed by atoms with Crippen molar-refractivity contribution in [2.45, 2.75) is 33.2 Å². The van der Waals surface area contributed by atoms with E-state index in [9.17, 15) is 14.7 Å². The Morgan fingerprint density at radius 1 is 1.10 bits per heavy atom. The summed E-state index contributed by atoms with van der Waals surface area (Å²) in [6, 6.07) is 5.37. The van der Waals surface area contributed by atoms with Gasteiger partial charge < -0.3 is 23.9 Å². The van der Waals surface area contributed by atoms with Crippen molar-refractivity contribution in [3.63, 3.8) is 0 Å². The van der Waals surface area contributed by atoms with Gasteiger partial charge in [-0.15, -0.1) is 0 Å². The third kappa shape index (κ3) is 2.91. The first-order valence-electron chi connectivity index (χ1n) is 10.2. The maximum absolute atomic E-state index is 12.5. The second-order valence-corrected chi connectivity index (χ2v) is 9.76. The number of aromatic nitrogens is 1. The molecule has 7 nitrogen and oxygen atoms in total. The molecule has 1 spiro atoms. The summed E-state index contributed by atoms with van der Waals surface area (Å²) in [5, 5.41) is 9.46. The molecule has 0 amide bonds. The molecule has 1 N–H and O–H groups in total. The smallest absolute Gasteiger partial charge is 0.341 e. The number of nitrogens with zero attached hydrogens (tertiary/aromatic N) is 1.